The Morgan fingerprint density at radius 1 is 1.24 bits per heavy atom. The lowest BCUT2D eigenvalue weighted by molar-refractivity contribution is -0.0510. The summed E-state index contributed by atoms with van der Waals surface area (Å²) in [4.78, 5) is 3.69. The van der Waals surface area contributed by atoms with Gasteiger partial charge in [-0.15, -0.1) is 0 Å². The second kappa shape index (κ2) is 7.68. The van der Waals surface area contributed by atoms with Crippen LogP contribution in [0.3, 0.4) is 0 Å². The number of alkyl halides is 3. The van der Waals surface area contributed by atoms with Gasteiger partial charge in [-0.1, -0.05) is 13.0 Å². The lowest BCUT2D eigenvalue weighted by Gasteiger charge is -2.01. The van der Waals surface area contributed by atoms with E-state index in [1.807, 2.05) is 6.92 Å². The molecule has 21 heavy (non-hydrogen) atoms. The second-order valence-electron chi connectivity index (χ2n) is 3.36. The van der Waals surface area contributed by atoms with Gasteiger partial charge in [0.2, 0.25) is 0 Å². The highest BCUT2D eigenvalue weighted by Gasteiger charge is 2.44. The third kappa shape index (κ3) is 7.36. The molecule has 0 saturated carbocycles. The highest BCUT2D eigenvalue weighted by Crippen LogP contribution is 2.20. The number of halogens is 3. The molecule has 0 radical (unpaired) electrons. The van der Waals surface area contributed by atoms with Crippen molar-refractivity contribution in [3.63, 3.8) is 0 Å². The first-order valence-corrected chi connectivity index (χ1v) is 8.11. The number of pyridine rings is 1. The minimum atomic E-state index is -5.84. The van der Waals surface area contributed by atoms with Gasteiger partial charge >= 0.3 is 25.7 Å². The van der Waals surface area contributed by atoms with Gasteiger partial charge in [-0.2, -0.15) is 30.0 Å². The van der Waals surface area contributed by atoms with E-state index in [9.17, 15) is 21.6 Å². The van der Waals surface area contributed by atoms with Crippen LogP contribution in [0.4, 0.5) is 13.2 Å². The largest absolute Gasteiger partial charge is 0.522 e. The van der Waals surface area contributed by atoms with Crippen molar-refractivity contribution < 1.29 is 38.7 Å². The molecule has 0 amide bonds. The fourth-order valence-electron chi connectivity index (χ4n) is 0.748. The van der Waals surface area contributed by atoms with Crippen LogP contribution in [-0.2, 0) is 24.4 Å². The summed E-state index contributed by atoms with van der Waals surface area (Å²) in [6, 6.07) is 4.67. The van der Waals surface area contributed by atoms with Gasteiger partial charge in [-0.05, 0) is 18.6 Å². The van der Waals surface area contributed by atoms with Crippen molar-refractivity contribution in [2.45, 2.75) is 23.9 Å². The minimum Gasteiger partial charge on any atom is -0.279 e. The van der Waals surface area contributed by atoms with Crippen LogP contribution in [0.2, 0.25) is 0 Å². The zero-order valence-corrected chi connectivity index (χ0v) is 12.2. The van der Waals surface area contributed by atoms with E-state index in [4.69, 9.17) is 13.0 Å². The summed E-state index contributed by atoms with van der Waals surface area (Å²) in [6.07, 6.45) is 2.08. The van der Waals surface area contributed by atoms with E-state index >= 15 is 0 Å². The van der Waals surface area contributed by atoms with E-state index in [0.717, 1.165) is 0 Å². The molecular weight excluding hydrogens is 339 g/mol. The molecule has 0 unspecified atom stereocenters. The van der Waals surface area contributed by atoms with Crippen LogP contribution in [0.1, 0.15) is 13.3 Å². The molecule has 0 aliphatic heterocycles. The smallest absolute Gasteiger partial charge is 0.279 e. The number of aromatic nitrogens is 1. The molecule has 0 spiro atoms. The van der Waals surface area contributed by atoms with Crippen molar-refractivity contribution in [2.75, 3.05) is 6.61 Å². The fourth-order valence-corrected chi connectivity index (χ4v) is 1.69. The molecule has 0 fully saturated rings. The van der Waals surface area contributed by atoms with E-state index in [2.05, 4.69) is 9.17 Å². The van der Waals surface area contributed by atoms with Gasteiger partial charge in [0.1, 0.15) is 0 Å². The van der Waals surface area contributed by atoms with Gasteiger partial charge in [0.15, 0.2) is 5.03 Å². The first-order valence-electron chi connectivity index (χ1n) is 5.26. The SMILES string of the molecule is CCCOS(=O)(=O)c1ccccn1.O=S(=O)(O)C(F)(F)F. The fraction of sp³-hybridized carbons (Fsp3) is 0.444. The lowest BCUT2D eigenvalue weighted by atomic mass is 10.5. The van der Waals surface area contributed by atoms with Crippen molar-refractivity contribution in [3.8, 4) is 0 Å². The molecular formula is C9H12F3NO6S2. The van der Waals surface area contributed by atoms with E-state index < -0.39 is 25.7 Å². The molecule has 12 heteroatoms. The maximum absolute atomic E-state index is 11.3. The van der Waals surface area contributed by atoms with E-state index in [1.54, 1.807) is 12.1 Å². The Labute approximate surface area is 119 Å². The number of rotatable bonds is 4. The van der Waals surface area contributed by atoms with Gasteiger partial charge in [-0.3, -0.25) is 8.74 Å². The van der Waals surface area contributed by atoms with Gasteiger partial charge in [0.05, 0.1) is 6.61 Å². The van der Waals surface area contributed by atoms with E-state index in [-0.39, 0.29) is 11.6 Å². The Balaban J connectivity index is 0.000000433. The summed E-state index contributed by atoms with van der Waals surface area (Å²) in [5.74, 6) is 0. The van der Waals surface area contributed by atoms with Gasteiger partial charge in [0, 0.05) is 6.20 Å². The number of hydrogen-bond acceptors (Lipinski definition) is 6. The molecule has 0 atom stereocenters. The topological polar surface area (TPSA) is 111 Å². The zero-order chi connectivity index (χ0) is 16.7. The first-order chi connectivity index (χ1) is 9.42. The van der Waals surface area contributed by atoms with E-state index in [1.165, 1.54) is 12.3 Å². The summed E-state index contributed by atoms with van der Waals surface area (Å²) in [5.41, 5.74) is -5.53. The van der Waals surface area contributed by atoms with Crippen LogP contribution in [0.15, 0.2) is 29.4 Å². The van der Waals surface area contributed by atoms with Crippen molar-refractivity contribution in [3.05, 3.63) is 24.4 Å². The third-order valence-electron chi connectivity index (χ3n) is 1.63. The number of hydrogen-bond donors (Lipinski definition) is 1. The maximum Gasteiger partial charge on any atom is 0.522 e. The van der Waals surface area contributed by atoms with Crippen molar-refractivity contribution in [1.29, 1.82) is 0 Å². The Kier molecular flexibility index (Phi) is 7.23. The molecule has 1 aromatic rings. The molecule has 1 aromatic heterocycles. The molecule has 1 N–H and O–H groups in total. The summed E-state index contributed by atoms with van der Waals surface area (Å²) in [6.45, 7) is 2.03. The summed E-state index contributed by atoms with van der Waals surface area (Å²) < 4.78 is 84.8. The predicted molar refractivity (Wildman–Crippen MR) is 65.3 cm³/mol. The van der Waals surface area contributed by atoms with Crippen molar-refractivity contribution in [1.82, 2.24) is 4.98 Å². The zero-order valence-electron chi connectivity index (χ0n) is 10.6. The molecule has 7 nitrogen and oxygen atoms in total. The third-order valence-corrected chi connectivity index (χ3v) is 3.44. The normalized spacial score (nSPS) is 12.4. The van der Waals surface area contributed by atoms with Crippen LogP contribution in [-0.4, -0.2) is 38.5 Å². The van der Waals surface area contributed by atoms with Gasteiger partial charge < -0.3 is 0 Å². The average Bonchev–Trinajstić information content (AvgIpc) is 2.36. The average molecular weight is 351 g/mol. The molecule has 1 heterocycles. The molecule has 1 rings (SSSR count). The lowest BCUT2D eigenvalue weighted by Crippen LogP contribution is -2.21. The molecule has 122 valence electrons. The van der Waals surface area contributed by atoms with Crippen LogP contribution in [0, 0.1) is 0 Å². The Bertz CT molecular complexity index is 627. The monoisotopic (exact) mass is 351 g/mol. The summed E-state index contributed by atoms with van der Waals surface area (Å²) in [7, 11) is -9.47. The van der Waals surface area contributed by atoms with Gasteiger partial charge in [-0.25, -0.2) is 4.98 Å². The van der Waals surface area contributed by atoms with Crippen LogP contribution < -0.4 is 0 Å². The van der Waals surface area contributed by atoms with Crippen LogP contribution in [0.25, 0.3) is 0 Å². The number of nitrogens with zero attached hydrogens (tertiary/aromatic N) is 1. The first kappa shape index (κ1) is 19.8. The Morgan fingerprint density at radius 2 is 1.76 bits per heavy atom. The van der Waals surface area contributed by atoms with E-state index in [0.29, 0.717) is 6.42 Å². The quantitative estimate of drug-likeness (QED) is 0.498. The Morgan fingerprint density at radius 3 is 2.10 bits per heavy atom. The molecule has 0 aliphatic rings. The second-order valence-corrected chi connectivity index (χ2v) is 6.34. The molecule has 0 bridgehead atoms. The van der Waals surface area contributed by atoms with Crippen molar-refractivity contribution >= 4 is 20.2 Å². The van der Waals surface area contributed by atoms with Gasteiger partial charge in [0.25, 0.3) is 0 Å². The highest BCUT2D eigenvalue weighted by molar-refractivity contribution is 7.86. The molecule has 0 aliphatic carbocycles. The maximum atomic E-state index is 11.3. The molecule has 0 aromatic carbocycles. The predicted octanol–water partition coefficient (Wildman–Crippen LogP) is 1.59. The van der Waals surface area contributed by atoms with Crippen LogP contribution in [0.5, 0.6) is 0 Å². The summed E-state index contributed by atoms with van der Waals surface area (Å²) in [5, 5.41) is -0.0385. The highest BCUT2D eigenvalue weighted by atomic mass is 32.2. The molecule has 0 saturated heterocycles. The van der Waals surface area contributed by atoms with Crippen molar-refractivity contribution in [2.24, 2.45) is 0 Å². The minimum absolute atomic E-state index is 0.0385. The van der Waals surface area contributed by atoms with Crippen LogP contribution >= 0.6 is 0 Å². The standard InChI is InChI=1S/C8H11NO3S.CHF3O3S/c1-2-7-12-13(10,11)8-5-3-4-6-9-8;2-1(3,4)8(5,6)7/h3-6H,2,7H2,1H3;(H,5,6,7). The Hall–Kier alpha value is -1.24. The summed E-state index contributed by atoms with van der Waals surface area (Å²) >= 11 is 0.